The number of amides is 1. The third-order valence-corrected chi connectivity index (χ3v) is 2.24. The van der Waals surface area contributed by atoms with Crippen LogP contribution in [0.5, 0.6) is 0 Å². The Labute approximate surface area is 101 Å². The van der Waals surface area contributed by atoms with Crippen molar-refractivity contribution in [2.75, 3.05) is 5.43 Å². The summed E-state index contributed by atoms with van der Waals surface area (Å²) in [4.78, 5) is 21.6. The summed E-state index contributed by atoms with van der Waals surface area (Å²) in [6.07, 6.45) is 3.10. The minimum atomic E-state index is -0.815. The van der Waals surface area contributed by atoms with Crippen molar-refractivity contribution in [3.8, 4) is 0 Å². The van der Waals surface area contributed by atoms with E-state index in [0.29, 0.717) is 0 Å². The Morgan fingerprint density at radius 3 is 2.61 bits per heavy atom. The van der Waals surface area contributed by atoms with Crippen LogP contribution in [0.4, 0.5) is 10.1 Å². The molecule has 0 fully saturated rings. The molecule has 0 aliphatic rings. The van der Waals surface area contributed by atoms with E-state index in [-0.39, 0.29) is 11.3 Å². The van der Waals surface area contributed by atoms with Gasteiger partial charge in [-0.1, -0.05) is 0 Å². The molecule has 92 valence electrons. The molecule has 0 radical (unpaired) electrons. The third kappa shape index (κ3) is 2.34. The number of hydrogen-bond acceptors (Lipinski definition) is 3. The van der Waals surface area contributed by atoms with Gasteiger partial charge < -0.3 is 0 Å². The second-order valence-electron chi connectivity index (χ2n) is 3.45. The molecule has 0 aliphatic heterocycles. The van der Waals surface area contributed by atoms with E-state index in [9.17, 15) is 19.3 Å². The van der Waals surface area contributed by atoms with Crippen molar-refractivity contribution in [3.05, 3.63) is 64.2 Å². The van der Waals surface area contributed by atoms with E-state index in [4.69, 9.17) is 0 Å². The lowest BCUT2D eigenvalue weighted by Gasteiger charge is -2.06. The molecule has 7 heteroatoms. The Bertz CT molecular complexity index is 596. The molecule has 2 aromatic rings. The number of carbonyl (C=O) groups excluding carboxylic acids is 1. The lowest BCUT2D eigenvalue weighted by atomic mass is 10.2. The average Bonchev–Trinajstić information content (AvgIpc) is 2.81. The van der Waals surface area contributed by atoms with Gasteiger partial charge in [-0.15, -0.1) is 0 Å². The largest absolute Gasteiger partial charge is 0.273 e. The van der Waals surface area contributed by atoms with Crippen LogP contribution in [-0.2, 0) is 0 Å². The quantitative estimate of drug-likeness (QED) is 0.666. The van der Waals surface area contributed by atoms with Crippen LogP contribution in [0.2, 0.25) is 0 Å². The first-order valence-electron chi connectivity index (χ1n) is 4.96. The average molecular weight is 249 g/mol. The van der Waals surface area contributed by atoms with Crippen LogP contribution >= 0.6 is 0 Å². The van der Waals surface area contributed by atoms with Crippen LogP contribution in [0.25, 0.3) is 0 Å². The molecule has 1 aromatic heterocycles. The second kappa shape index (κ2) is 4.66. The summed E-state index contributed by atoms with van der Waals surface area (Å²) in [6.45, 7) is 0. The molecule has 6 nitrogen and oxygen atoms in total. The van der Waals surface area contributed by atoms with Gasteiger partial charge in [0.05, 0.1) is 10.5 Å². The zero-order chi connectivity index (χ0) is 13.1. The molecule has 1 heterocycles. The molecule has 0 atom stereocenters. The van der Waals surface area contributed by atoms with E-state index >= 15 is 0 Å². The summed E-state index contributed by atoms with van der Waals surface area (Å²) in [5.41, 5.74) is 1.64. The standard InChI is InChI=1S/C11H8FN3O3/c12-10-4-3-8(15(17)18)7-9(10)11(16)13-14-5-1-2-6-14/h1-7H,(H,13,16). The van der Waals surface area contributed by atoms with Crippen molar-refractivity contribution < 1.29 is 14.1 Å². The van der Waals surface area contributed by atoms with Crippen molar-refractivity contribution in [2.24, 2.45) is 0 Å². The Morgan fingerprint density at radius 1 is 1.33 bits per heavy atom. The zero-order valence-electron chi connectivity index (χ0n) is 9.04. The minimum absolute atomic E-state index is 0.339. The molecule has 0 aliphatic carbocycles. The molecule has 18 heavy (non-hydrogen) atoms. The molecule has 1 aromatic carbocycles. The topological polar surface area (TPSA) is 77.2 Å². The van der Waals surface area contributed by atoms with Gasteiger partial charge in [0.25, 0.3) is 11.6 Å². The molecular weight excluding hydrogens is 241 g/mol. The number of halogens is 1. The first-order chi connectivity index (χ1) is 8.58. The van der Waals surface area contributed by atoms with Crippen LogP contribution in [0.1, 0.15) is 10.4 Å². The molecule has 0 spiro atoms. The first-order valence-corrected chi connectivity index (χ1v) is 4.96. The van der Waals surface area contributed by atoms with E-state index in [2.05, 4.69) is 5.43 Å². The summed E-state index contributed by atoms with van der Waals surface area (Å²) in [5.74, 6) is -1.57. The van der Waals surface area contributed by atoms with Gasteiger partial charge in [0.1, 0.15) is 5.82 Å². The number of nitrogens with one attached hydrogen (secondary N) is 1. The van der Waals surface area contributed by atoms with Crippen LogP contribution < -0.4 is 5.43 Å². The number of benzene rings is 1. The highest BCUT2D eigenvalue weighted by Crippen LogP contribution is 2.16. The van der Waals surface area contributed by atoms with E-state index in [1.165, 1.54) is 4.68 Å². The Kier molecular flexibility index (Phi) is 3.05. The number of non-ortho nitro benzene ring substituents is 1. The molecule has 0 saturated carbocycles. The van der Waals surface area contributed by atoms with Crippen molar-refractivity contribution >= 4 is 11.6 Å². The number of carbonyl (C=O) groups is 1. The van der Waals surface area contributed by atoms with E-state index in [1.54, 1.807) is 24.5 Å². The lowest BCUT2D eigenvalue weighted by molar-refractivity contribution is -0.384. The van der Waals surface area contributed by atoms with Crippen molar-refractivity contribution in [1.29, 1.82) is 0 Å². The number of nitro groups is 1. The van der Waals surface area contributed by atoms with Gasteiger partial charge in [0.2, 0.25) is 0 Å². The molecule has 1 N–H and O–H groups in total. The van der Waals surface area contributed by atoms with Crippen molar-refractivity contribution in [2.45, 2.75) is 0 Å². The fourth-order valence-electron chi connectivity index (χ4n) is 1.39. The molecule has 0 saturated heterocycles. The molecule has 0 unspecified atom stereocenters. The van der Waals surface area contributed by atoms with Gasteiger partial charge in [-0.2, -0.15) is 0 Å². The SMILES string of the molecule is O=C(Nn1cccc1)c1cc([N+](=O)[O-])ccc1F. The summed E-state index contributed by atoms with van der Waals surface area (Å²) < 4.78 is 14.7. The summed E-state index contributed by atoms with van der Waals surface area (Å²) in [5, 5.41) is 10.6. The maximum atomic E-state index is 13.4. The van der Waals surface area contributed by atoms with Gasteiger partial charge in [0.15, 0.2) is 0 Å². The fraction of sp³-hybridized carbons (Fsp3) is 0. The predicted octanol–water partition coefficient (Wildman–Crippen LogP) is 1.92. The number of nitrogens with zero attached hydrogens (tertiary/aromatic N) is 2. The van der Waals surface area contributed by atoms with Crippen LogP contribution in [0.3, 0.4) is 0 Å². The van der Waals surface area contributed by atoms with Gasteiger partial charge >= 0.3 is 0 Å². The molecule has 2 rings (SSSR count). The molecule has 0 bridgehead atoms. The van der Waals surface area contributed by atoms with Gasteiger partial charge in [0, 0.05) is 24.5 Å². The fourth-order valence-corrected chi connectivity index (χ4v) is 1.39. The lowest BCUT2D eigenvalue weighted by Crippen LogP contribution is -2.22. The Morgan fingerprint density at radius 2 is 2.00 bits per heavy atom. The highest BCUT2D eigenvalue weighted by molar-refractivity contribution is 6.00. The first kappa shape index (κ1) is 11.8. The number of nitro benzene ring substituents is 1. The zero-order valence-corrected chi connectivity index (χ0v) is 9.04. The van der Waals surface area contributed by atoms with Crippen LogP contribution in [-0.4, -0.2) is 15.5 Å². The van der Waals surface area contributed by atoms with E-state index < -0.39 is 16.6 Å². The normalized spacial score (nSPS) is 10.1. The second-order valence-corrected chi connectivity index (χ2v) is 3.45. The van der Waals surface area contributed by atoms with Crippen molar-refractivity contribution in [3.63, 3.8) is 0 Å². The highest BCUT2D eigenvalue weighted by atomic mass is 19.1. The van der Waals surface area contributed by atoms with Gasteiger partial charge in [-0.25, -0.2) is 4.39 Å². The summed E-state index contributed by atoms with van der Waals surface area (Å²) >= 11 is 0. The highest BCUT2D eigenvalue weighted by Gasteiger charge is 2.16. The summed E-state index contributed by atoms with van der Waals surface area (Å²) in [6, 6.07) is 6.13. The van der Waals surface area contributed by atoms with Gasteiger partial charge in [-0.3, -0.25) is 25.0 Å². The van der Waals surface area contributed by atoms with E-state index in [0.717, 1.165) is 18.2 Å². The number of aromatic nitrogens is 1. The summed E-state index contributed by atoms with van der Waals surface area (Å²) in [7, 11) is 0. The monoisotopic (exact) mass is 249 g/mol. The smallest absolute Gasteiger partial charge is 0.268 e. The number of rotatable bonds is 3. The molecular formula is C11H8FN3O3. The van der Waals surface area contributed by atoms with Crippen molar-refractivity contribution in [1.82, 2.24) is 4.68 Å². The predicted molar refractivity (Wildman–Crippen MR) is 61.2 cm³/mol. The van der Waals surface area contributed by atoms with Crippen LogP contribution in [0, 0.1) is 15.9 Å². The van der Waals surface area contributed by atoms with Gasteiger partial charge in [-0.05, 0) is 18.2 Å². The third-order valence-electron chi connectivity index (χ3n) is 2.24. The number of hydrogen-bond donors (Lipinski definition) is 1. The minimum Gasteiger partial charge on any atom is -0.268 e. The Hall–Kier alpha value is -2.70. The maximum absolute atomic E-state index is 13.4. The maximum Gasteiger partial charge on any atom is 0.273 e. The Balaban J connectivity index is 2.29. The molecule has 1 amide bonds. The van der Waals surface area contributed by atoms with Crippen LogP contribution in [0.15, 0.2) is 42.7 Å². The van der Waals surface area contributed by atoms with E-state index in [1.807, 2.05) is 0 Å².